The van der Waals surface area contributed by atoms with E-state index in [0.717, 1.165) is 5.56 Å². The van der Waals surface area contributed by atoms with Gasteiger partial charge in [-0.1, -0.05) is 24.3 Å². The zero-order valence-electron chi connectivity index (χ0n) is 16.5. The van der Waals surface area contributed by atoms with Crippen LogP contribution in [0.3, 0.4) is 0 Å². The van der Waals surface area contributed by atoms with Gasteiger partial charge in [-0.2, -0.15) is 5.26 Å². The van der Waals surface area contributed by atoms with E-state index < -0.39 is 16.9 Å². The molecule has 2 aromatic heterocycles. The van der Waals surface area contributed by atoms with Crippen molar-refractivity contribution >= 4 is 11.6 Å². The Morgan fingerprint density at radius 3 is 2.81 bits per heavy atom. The first-order valence-corrected chi connectivity index (χ1v) is 9.61. The largest absolute Gasteiger partial charge is 0.440 e. The number of fused-ring (bicyclic) bond motifs is 4. The molecule has 4 heterocycles. The number of aryl methyl sites for hydroxylation is 1. The van der Waals surface area contributed by atoms with Crippen LogP contribution in [-0.2, 0) is 16.8 Å². The summed E-state index contributed by atoms with van der Waals surface area (Å²) in [6.45, 7) is 2.03. The summed E-state index contributed by atoms with van der Waals surface area (Å²) < 4.78 is 7.23. The van der Waals surface area contributed by atoms with Crippen LogP contribution in [0.25, 0.3) is 0 Å². The van der Waals surface area contributed by atoms with Gasteiger partial charge in [0.2, 0.25) is 11.8 Å². The van der Waals surface area contributed by atoms with E-state index in [4.69, 9.17) is 10.5 Å². The van der Waals surface area contributed by atoms with Crippen molar-refractivity contribution in [3.05, 3.63) is 99.1 Å². The van der Waals surface area contributed by atoms with Crippen LogP contribution in [0.15, 0.2) is 71.1 Å². The Kier molecular flexibility index (Phi) is 3.95. The molecule has 1 spiro atoms. The second-order valence-corrected chi connectivity index (χ2v) is 7.48. The van der Waals surface area contributed by atoms with Crippen molar-refractivity contribution in [1.29, 1.82) is 5.26 Å². The first-order valence-electron chi connectivity index (χ1n) is 9.61. The number of benzene rings is 1. The van der Waals surface area contributed by atoms with Crippen molar-refractivity contribution in [3.8, 4) is 11.8 Å². The Morgan fingerprint density at radius 1 is 1.26 bits per heavy atom. The highest BCUT2D eigenvalue weighted by Gasteiger charge is 2.58. The summed E-state index contributed by atoms with van der Waals surface area (Å²) in [4.78, 5) is 31.4. The zero-order valence-corrected chi connectivity index (χ0v) is 16.5. The van der Waals surface area contributed by atoms with Crippen LogP contribution >= 0.6 is 0 Å². The Labute approximate surface area is 177 Å². The molecule has 0 fully saturated rings. The Hall–Kier alpha value is -4.38. The summed E-state index contributed by atoms with van der Waals surface area (Å²) in [6.07, 6.45) is 3.33. The molecular weight excluding hydrogens is 394 g/mol. The highest BCUT2D eigenvalue weighted by atomic mass is 16.5. The number of rotatable bonds is 2. The number of ether oxygens (including phenoxy) is 1. The highest BCUT2D eigenvalue weighted by molar-refractivity contribution is 6.12. The maximum atomic E-state index is 13.8. The van der Waals surface area contributed by atoms with Crippen LogP contribution in [0.5, 0.6) is 5.75 Å². The molecule has 31 heavy (non-hydrogen) atoms. The molecule has 0 bridgehead atoms. The summed E-state index contributed by atoms with van der Waals surface area (Å²) in [7, 11) is 0. The van der Waals surface area contributed by atoms with E-state index >= 15 is 0 Å². The molecule has 0 saturated carbocycles. The van der Waals surface area contributed by atoms with Gasteiger partial charge < -0.3 is 20.4 Å². The number of hydrogen-bond donors (Lipinski definition) is 2. The minimum Gasteiger partial charge on any atom is -0.440 e. The number of hydrogen-bond acceptors (Lipinski definition) is 6. The molecule has 2 aliphatic heterocycles. The fraction of sp³-hybridized carbons (Fsp3) is 0.130. The van der Waals surface area contributed by atoms with E-state index in [9.17, 15) is 14.9 Å². The van der Waals surface area contributed by atoms with Gasteiger partial charge in [-0.15, -0.1) is 0 Å². The number of pyridine rings is 2. The van der Waals surface area contributed by atoms with Crippen molar-refractivity contribution in [3.63, 3.8) is 0 Å². The highest BCUT2D eigenvalue weighted by Crippen LogP contribution is 2.51. The van der Waals surface area contributed by atoms with Crippen LogP contribution in [-0.4, -0.2) is 15.5 Å². The van der Waals surface area contributed by atoms with E-state index in [1.807, 2.05) is 12.1 Å². The summed E-state index contributed by atoms with van der Waals surface area (Å²) in [5, 5.41) is 12.7. The lowest BCUT2D eigenvalue weighted by atomic mass is 9.69. The second kappa shape index (κ2) is 6.57. The SMILES string of the molecule is Cc1cc2c(c(=O)n1Cc1cccnc1)[C@]1(C(=O)Nc3ccccc31)C(C#N)=C(N)O2. The van der Waals surface area contributed by atoms with E-state index in [2.05, 4.69) is 10.3 Å². The number of anilines is 1. The lowest BCUT2D eigenvalue weighted by Gasteiger charge is -2.33. The van der Waals surface area contributed by atoms with Gasteiger partial charge in [0.05, 0.1) is 12.1 Å². The molecule has 1 aromatic carbocycles. The van der Waals surface area contributed by atoms with Gasteiger partial charge in [-0.05, 0) is 24.6 Å². The Morgan fingerprint density at radius 2 is 2.06 bits per heavy atom. The van der Waals surface area contributed by atoms with Gasteiger partial charge >= 0.3 is 0 Å². The molecule has 0 aliphatic carbocycles. The predicted octanol–water partition coefficient (Wildman–Crippen LogP) is 1.92. The van der Waals surface area contributed by atoms with Gasteiger partial charge in [0.15, 0.2) is 5.41 Å². The van der Waals surface area contributed by atoms with Gasteiger partial charge in [0.25, 0.3) is 5.56 Å². The van der Waals surface area contributed by atoms with Crippen LogP contribution in [0, 0.1) is 18.3 Å². The first kappa shape index (κ1) is 18.6. The standard InChI is InChI=1S/C23H17N5O3/c1-13-9-18-19(21(29)28(13)12-14-5-4-8-26-11-14)23(16(10-24)20(25)31-18)15-6-2-3-7-17(15)27-22(23)30/h2-9,11H,12,25H2,1H3,(H,27,30)/t23-/m1/s1. The van der Waals surface area contributed by atoms with Gasteiger partial charge in [0.1, 0.15) is 17.4 Å². The number of carbonyl (C=O) groups excluding carboxylic acids is 1. The molecule has 0 saturated heterocycles. The van der Waals surface area contributed by atoms with Crippen LogP contribution in [0.1, 0.15) is 22.4 Å². The first-order chi connectivity index (χ1) is 15.0. The van der Waals surface area contributed by atoms with Crippen molar-refractivity contribution in [2.75, 3.05) is 5.32 Å². The molecule has 8 nitrogen and oxygen atoms in total. The fourth-order valence-electron chi connectivity index (χ4n) is 4.41. The monoisotopic (exact) mass is 411 g/mol. The molecule has 8 heteroatoms. The topological polar surface area (TPSA) is 123 Å². The van der Waals surface area contributed by atoms with Gasteiger partial charge in [-0.25, -0.2) is 0 Å². The van der Waals surface area contributed by atoms with E-state index in [1.54, 1.807) is 60.3 Å². The molecule has 1 amide bonds. The summed E-state index contributed by atoms with van der Waals surface area (Å²) in [6, 6.07) is 14.3. The van der Waals surface area contributed by atoms with E-state index in [-0.39, 0.29) is 29.3 Å². The molecule has 3 aromatic rings. The van der Waals surface area contributed by atoms with E-state index in [1.165, 1.54) is 0 Å². The van der Waals surface area contributed by atoms with Crippen molar-refractivity contribution in [2.24, 2.45) is 5.73 Å². The number of nitrogens with zero attached hydrogens (tertiary/aromatic N) is 3. The summed E-state index contributed by atoms with van der Waals surface area (Å²) in [5.41, 5.74) is 6.43. The fourth-order valence-corrected chi connectivity index (χ4v) is 4.41. The third kappa shape index (κ3) is 2.43. The predicted molar refractivity (Wildman–Crippen MR) is 112 cm³/mol. The maximum Gasteiger partial charge on any atom is 0.259 e. The molecule has 2 aliphatic rings. The van der Waals surface area contributed by atoms with Crippen molar-refractivity contribution < 1.29 is 9.53 Å². The van der Waals surface area contributed by atoms with Gasteiger partial charge in [-0.3, -0.25) is 14.6 Å². The van der Waals surface area contributed by atoms with Crippen LogP contribution in [0.4, 0.5) is 5.69 Å². The second-order valence-electron chi connectivity index (χ2n) is 7.48. The maximum absolute atomic E-state index is 13.8. The Balaban J connectivity index is 1.85. The van der Waals surface area contributed by atoms with Crippen LogP contribution < -0.4 is 21.3 Å². The lowest BCUT2D eigenvalue weighted by molar-refractivity contribution is -0.118. The minimum absolute atomic E-state index is 0.0789. The summed E-state index contributed by atoms with van der Waals surface area (Å²) >= 11 is 0. The normalized spacial score (nSPS) is 18.8. The average molecular weight is 411 g/mol. The minimum atomic E-state index is -1.68. The Bertz CT molecular complexity index is 1380. The molecule has 3 N–H and O–H groups in total. The van der Waals surface area contributed by atoms with Gasteiger partial charge in [0, 0.05) is 35.4 Å². The zero-order chi connectivity index (χ0) is 21.8. The quantitative estimate of drug-likeness (QED) is 0.664. The van der Waals surface area contributed by atoms with Crippen LogP contribution in [0.2, 0.25) is 0 Å². The molecular formula is C23H17N5O3. The molecule has 0 radical (unpaired) electrons. The average Bonchev–Trinajstić information content (AvgIpc) is 3.04. The summed E-state index contributed by atoms with van der Waals surface area (Å²) in [5.74, 6) is -0.523. The van der Waals surface area contributed by atoms with E-state index in [0.29, 0.717) is 16.9 Å². The smallest absolute Gasteiger partial charge is 0.259 e. The lowest BCUT2D eigenvalue weighted by Crippen LogP contribution is -2.47. The molecule has 0 unspecified atom stereocenters. The number of nitriles is 1. The number of carbonyl (C=O) groups is 1. The van der Waals surface area contributed by atoms with Crippen molar-refractivity contribution in [1.82, 2.24) is 9.55 Å². The third-order valence-corrected chi connectivity index (χ3v) is 5.78. The molecule has 5 rings (SSSR count). The number of amides is 1. The number of nitrogens with one attached hydrogen (secondary N) is 1. The number of nitrogens with two attached hydrogens (primary N) is 1. The third-order valence-electron chi connectivity index (χ3n) is 5.78. The van der Waals surface area contributed by atoms with Crippen molar-refractivity contribution in [2.45, 2.75) is 18.9 Å². The number of aromatic nitrogens is 2. The molecule has 152 valence electrons. The number of para-hydroxylation sites is 1. The molecule has 1 atom stereocenters.